The molecule has 3 fully saturated rings. The number of thiophene rings is 1. The van der Waals surface area contributed by atoms with Crippen LogP contribution in [0.1, 0.15) is 30.6 Å². The Kier molecular flexibility index (Phi) is 6.28. The molecule has 1 aromatic heterocycles. The number of carbonyl (C=O) groups is 2. The van der Waals surface area contributed by atoms with Gasteiger partial charge in [-0.3, -0.25) is 14.5 Å². The number of rotatable bonds is 5. The number of nitrogens with zero attached hydrogens (tertiary/aromatic N) is 3. The van der Waals surface area contributed by atoms with Crippen molar-refractivity contribution >= 4 is 23.2 Å². The first-order chi connectivity index (χ1) is 15.6. The van der Waals surface area contributed by atoms with Crippen LogP contribution in [0.25, 0.3) is 10.4 Å². The molecule has 170 valence electrons. The van der Waals surface area contributed by atoms with E-state index in [1.165, 1.54) is 10.9 Å². The molecule has 1 aromatic carbocycles. The van der Waals surface area contributed by atoms with Crippen LogP contribution in [0.3, 0.4) is 0 Å². The lowest BCUT2D eigenvalue weighted by Crippen LogP contribution is -2.51. The van der Waals surface area contributed by atoms with Gasteiger partial charge in [0.15, 0.2) is 0 Å². The zero-order valence-electron chi connectivity index (χ0n) is 18.3. The Hall–Kier alpha value is -2.25. The van der Waals surface area contributed by atoms with Gasteiger partial charge in [-0.05, 0) is 55.5 Å². The van der Waals surface area contributed by atoms with Gasteiger partial charge in [-0.2, -0.15) is 0 Å². The van der Waals surface area contributed by atoms with Gasteiger partial charge in [0.2, 0.25) is 11.8 Å². The molecule has 5 rings (SSSR count). The summed E-state index contributed by atoms with van der Waals surface area (Å²) in [6.45, 7) is 5.61. The summed E-state index contributed by atoms with van der Waals surface area (Å²) in [7, 11) is 0. The fourth-order valence-corrected chi connectivity index (χ4v) is 5.85. The molecule has 0 spiro atoms. The maximum absolute atomic E-state index is 13.5. The molecule has 2 saturated heterocycles. The van der Waals surface area contributed by atoms with Crippen molar-refractivity contribution in [1.82, 2.24) is 14.7 Å². The van der Waals surface area contributed by atoms with Gasteiger partial charge < -0.3 is 9.80 Å². The maximum Gasteiger partial charge on any atom is 0.225 e. The van der Waals surface area contributed by atoms with Crippen LogP contribution in [0, 0.1) is 17.7 Å². The van der Waals surface area contributed by atoms with Gasteiger partial charge >= 0.3 is 0 Å². The number of piperazine rings is 1. The van der Waals surface area contributed by atoms with Crippen molar-refractivity contribution in [3.05, 3.63) is 47.1 Å². The summed E-state index contributed by atoms with van der Waals surface area (Å²) in [4.78, 5) is 34.0. The monoisotopic (exact) mass is 455 g/mol. The highest BCUT2D eigenvalue weighted by molar-refractivity contribution is 7.15. The smallest absolute Gasteiger partial charge is 0.225 e. The number of carbonyl (C=O) groups excluding carboxylic acids is 2. The number of benzene rings is 1. The summed E-state index contributed by atoms with van der Waals surface area (Å²) in [6.07, 6.45) is 3.68. The van der Waals surface area contributed by atoms with E-state index in [4.69, 9.17) is 0 Å². The Labute approximate surface area is 192 Å². The first kappa shape index (κ1) is 21.6. The third-order valence-corrected chi connectivity index (χ3v) is 8.04. The van der Waals surface area contributed by atoms with Gasteiger partial charge in [0.05, 0.1) is 0 Å². The van der Waals surface area contributed by atoms with Crippen molar-refractivity contribution in [3.8, 4) is 10.4 Å². The molecule has 0 radical (unpaired) electrons. The fraction of sp³-hybridized carbons (Fsp3) is 0.520. The quantitative estimate of drug-likeness (QED) is 0.688. The number of hydrogen-bond donors (Lipinski definition) is 0. The van der Waals surface area contributed by atoms with Gasteiger partial charge in [-0.15, -0.1) is 11.3 Å². The van der Waals surface area contributed by atoms with Gasteiger partial charge in [0.25, 0.3) is 0 Å². The van der Waals surface area contributed by atoms with E-state index in [1.54, 1.807) is 23.5 Å². The van der Waals surface area contributed by atoms with E-state index >= 15 is 0 Å². The molecule has 0 unspecified atom stereocenters. The molecular weight excluding hydrogens is 425 g/mol. The maximum atomic E-state index is 13.5. The van der Waals surface area contributed by atoms with E-state index < -0.39 is 0 Å². The first-order valence-corrected chi connectivity index (χ1v) is 12.5. The third-order valence-electron chi connectivity index (χ3n) is 6.92. The van der Waals surface area contributed by atoms with Gasteiger partial charge in [0.1, 0.15) is 5.82 Å². The molecule has 1 aliphatic carbocycles. The Morgan fingerprint density at radius 2 is 1.50 bits per heavy atom. The minimum absolute atomic E-state index is 0.0657. The predicted molar refractivity (Wildman–Crippen MR) is 124 cm³/mol. The second kappa shape index (κ2) is 9.32. The summed E-state index contributed by atoms with van der Waals surface area (Å²) in [5.74, 6) is 0.698. The number of hydrogen-bond acceptors (Lipinski definition) is 4. The zero-order chi connectivity index (χ0) is 22.1. The van der Waals surface area contributed by atoms with Crippen molar-refractivity contribution < 1.29 is 14.0 Å². The fourth-order valence-electron chi connectivity index (χ4n) is 4.80. The molecule has 32 heavy (non-hydrogen) atoms. The van der Waals surface area contributed by atoms with Crippen LogP contribution >= 0.6 is 11.3 Å². The van der Waals surface area contributed by atoms with E-state index in [2.05, 4.69) is 17.0 Å². The largest absolute Gasteiger partial charge is 0.342 e. The third kappa shape index (κ3) is 4.89. The van der Waals surface area contributed by atoms with Crippen LogP contribution in [-0.2, 0) is 16.1 Å². The van der Waals surface area contributed by atoms with Gasteiger partial charge in [-0.25, -0.2) is 4.39 Å². The van der Waals surface area contributed by atoms with E-state index in [-0.39, 0.29) is 23.6 Å². The Bertz CT molecular complexity index is 973. The summed E-state index contributed by atoms with van der Waals surface area (Å²) < 4.78 is 13.5. The highest BCUT2D eigenvalue weighted by Gasteiger charge is 2.37. The average Bonchev–Trinajstić information content (AvgIpc) is 3.57. The van der Waals surface area contributed by atoms with Crippen LogP contribution in [-0.4, -0.2) is 65.8 Å². The minimum Gasteiger partial charge on any atom is -0.342 e. The summed E-state index contributed by atoms with van der Waals surface area (Å²) in [5.41, 5.74) is 0.918. The Morgan fingerprint density at radius 3 is 2.16 bits per heavy atom. The van der Waals surface area contributed by atoms with Crippen molar-refractivity contribution in [2.24, 2.45) is 11.8 Å². The Balaban J connectivity index is 1.08. The van der Waals surface area contributed by atoms with Gasteiger partial charge in [0, 0.05) is 67.4 Å². The zero-order valence-corrected chi connectivity index (χ0v) is 19.2. The van der Waals surface area contributed by atoms with E-state index in [1.807, 2.05) is 15.9 Å². The van der Waals surface area contributed by atoms with E-state index in [9.17, 15) is 14.0 Å². The predicted octanol–water partition coefficient (Wildman–Crippen LogP) is 3.85. The molecule has 5 nitrogen and oxygen atoms in total. The Morgan fingerprint density at radius 1 is 0.844 bits per heavy atom. The van der Waals surface area contributed by atoms with Crippen molar-refractivity contribution in [1.29, 1.82) is 0 Å². The summed E-state index contributed by atoms with van der Waals surface area (Å²) in [5, 5.41) is 0. The minimum atomic E-state index is -0.210. The number of likely N-dealkylation sites (tertiary alicyclic amines) is 1. The lowest BCUT2D eigenvalue weighted by molar-refractivity contribution is -0.142. The second-order valence-corrected chi connectivity index (χ2v) is 10.4. The highest BCUT2D eigenvalue weighted by Crippen LogP contribution is 2.33. The molecule has 1 saturated carbocycles. The van der Waals surface area contributed by atoms with Crippen LogP contribution in [0.15, 0.2) is 36.4 Å². The van der Waals surface area contributed by atoms with Crippen molar-refractivity contribution in [2.75, 3.05) is 39.3 Å². The van der Waals surface area contributed by atoms with E-state index in [0.29, 0.717) is 5.91 Å². The summed E-state index contributed by atoms with van der Waals surface area (Å²) in [6, 6.07) is 10.9. The van der Waals surface area contributed by atoms with Crippen LogP contribution in [0.4, 0.5) is 4.39 Å². The van der Waals surface area contributed by atoms with Crippen LogP contribution in [0.2, 0.25) is 0 Å². The average molecular weight is 456 g/mol. The molecule has 2 aromatic rings. The first-order valence-electron chi connectivity index (χ1n) is 11.7. The topological polar surface area (TPSA) is 43.9 Å². The molecule has 2 amide bonds. The summed E-state index contributed by atoms with van der Waals surface area (Å²) >= 11 is 1.71. The molecule has 7 heteroatoms. The van der Waals surface area contributed by atoms with Crippen LogP contribution in [0.5, 0.6) is 0 Å². The number of amides is 2. The van der Waals surface area contributed by atoms with Crippen molar-refractivity contribution in [2.45, 2.75) is 32.2 Å². The molecule has 3 heterocycles. The number of piperidine rings is 1. The molecule has 2 aliphatic heterocycles. The molecule has 3 aliphatic rings. The SMILES string of the molecule is O=C(C1CC1)N1CCC(C(=O)N2CCN(Cc3ccc(-c4cccc(F)c4)s3)CC2)CC1. The van der Waals surface area contributed by atoms with Crippen molar-refractivity contribution in [3.63, 3.8) is 0 Å². The molecule has 0 atom stereocenters. The second-order valence-electron chi connectivity index (χ2n) is 9.25. The lowest BCUT2D eigenvalue weighted by Gasteiger charge is -2.38. The van der Waals surface area contributed by atoms with Gasteiger partial charge in [-0.1, -0.05) is 12.1 Å². The standard InChI is InChI=1S/C25H30FN3O2S/c26-21-3-1-2-20(16-21)23-7-6-22(32-23)17-27-12-14-29(15-13-27)25(31)19-8-10-28(11-9-19)24(30)18-4-5-18/h1-3,6-7,16,18-19H,4-5,8-15,17H2. The normalized spacial score (nSPS) is 20.5. The number of halogens is 1. The van der Waals surface area contributed by atoms with Crippen LogP contribution < -0.4 is 0 Å². The lowest BCUT2D eigenvalue weighted by atomic mass is 9.94. The molecule has 0 N–H and O–H groups in total. The molecule has 0 bridgehead atoms. The van der Waals surface area contributed by atoms with E-state index in [0.717, 1.165) is 81.9 Å². The highest BCUT2D eigenvalue weighted by atomic mass is 32.1. The molecular formula is C25H30FN3O2S.